The molecule has 147 heavy (non-hydrogen) atoms. The monoisotopic (exact) mass is 1990 g/mol. The first-order chi connectivity index (χ1) is 70.9. The Bertz CT molecular complexity index is 7580. The van der Waals surface area contributed by atoms with Gasteiger partial charge in [0.1, 0.15) is 56.2 Å². The fourth-order valence-corrected chi connectivity index (χ4v) is 20.9. The predicted octanol–water partition coefficient (Wildman–Crippen LogP) is 16.9. The molecule has 19 rings (SSSR count). The molecule has 0 N–H and O–H groups in total. The van der Waals surface area contributed by atoms with Crippen molar-refractivity contribution in [3.8, 4) is 0 Å². The van der Waals surface area contributed by atoms with Crippen molar-refractivity contribution in [3.05, 3.63) is 340 Å². The summed E-state index contributed by atoms with van der Waals surface area (Å²) in [7, 11) is 2.05. The number of aromatic nitrogens is 10. The number of pyridine rings is 10. The smallest absolute Gasteiger partial charge is 0.343 e. The Morgan fingerprint density at radius 3 is 1.12 bits per heavy atom. The number of fused-ring (bicyclic) bond motifs is 8. The number of piperidine rings is 1. The first-order valence-corrected chi connectivity index (χ1v) is 52.2. The van der Waals surface area contributed by atoms with Crippen molar-refractivity contribution in [2.45, 2.75) is 220 Å². The molecule has 0 unspecified atom stereocenters. The number of carbonyl (C=O) groups excluding carboxylic acids is 7. The summed E-state index contributed by atoms with van der Waals surface area (Å²) >= 11 is 0. The Morgan fingerprint density at radius 2 is 0.728 bits per heavy atom. The number of hydrogen-bond donors (Lipinski definition) is 0. The molecule has 0 spiro atoms. The molecule has 2 aliphatic heterocycles. The minimum absolute atomic E-state index is 0.0136. The van der Waals surface area contributed by atoms with Crippen molar-refractivity contribution in [1.29, 1.82) is 0 Å². The zero-order chi connectivity index (χ0) is 105. The van der Waals surface area contributed by atoms with E-state index in [9.17, 15) is 57.5 Å². The molecule has 5 aliphatic rings. The second-order valence-electron chi connectivity index (χ2n) is 39.6. The molecule has 2 saturated heterocycles. The van der Waals surface area contributed by atoms with E-state index in [4.69, 9.17) is 14.5 Å². The number of rotatable bonds is 26. The highest BCUT2D eigenvalue weighted by Gasteiger charge is 2.32. The zero-order valence-corrected chi connectivity index (χ0v) is 87.5. The highest BCUT2D eigenvalue weighted by Crippen LogP contribution is 2.34. The number of ether oxygens (including phenoxy) is 2. The number of esters is 2. The van der Waals surface area contributed by atoms with Crippen molar-refractivity contribution in [2.24, 2.45) is 23.7 Å². The Kier molecular flexibility index (Phi) is 34.9. The third kappa shape index (κ3) is 24.2. The van der Waals surface area contributed by atoms with Crippen LogP contribution in [0, 0.1) is 44.4 Å². The van der Waals surface area contributed by atoms with E-state index < -0.39 is 22.8 Å². The third-order valence-corrected chi connectivity index (χ3v) is 29.4. The standard InChI is InChI=1S/C26H30N4O2.C26H29N3O2.C25H29N3O2.C24H26N2O4.C18H22N2O4/c1-3-29-17-23(26(32)30-10-8-28(2)9-11-30)24(31)22-15-19(16-27-25(22)29)12-18-13-20-6-4-5-7-21(20)14-18;1-2-28-17-23(26(31)29-10-6-3-7-11-29)25(30)22-15-21(27-16-24(22)28)14-18-12-19-8-4-5-9-20(19)13-18;1-4-27(5-2)25(30)22-16-28(6-3)24-21(23(22)29)14-18(15-26-24)11-17-12-19-9-7-8-10-20(19)13-17;1-6-26-13-20(24(29)30-7-2)22(28)19-10-17(12-25-23(19)26)11-21(27)18-8-14(3)16(5)15(4)9-18;1-5-20-10-14(18(23)24-6-2)16(22)13-7-12(9-19-17(13)20)8-15(21)11(3)4/h4-7,15-18H,3,8-14H2,1-2H3;4-5,8-9,15-18H,2-3,6-7,10-14H2,1H3;7-10,14-17H,4-6,11-13H2,1-3H3;8-10,12-13H,6-7,11H2,1-5H3;7,9-11H,5-6,8H2,1-4H3. The number of hydrogen-bond acceptors (Lipinski definition) is 20. The number of aryl methyl sites for hydroxylation is 7. The number of ketones is 2. The minimum atomic E-state index is -0.654. The molecular weight excluding hydrogens is 1850 g/mol. The van der Waals surface area contributed by atoms with Crippen LogP contribution >= 0.6 is 0 Å². The van der Waals surface area contributed by atoms with Gasteiger partial charge < -0.3 is 51.9 Å². The first-order valence-electron chi connectivity index (χ1n) is 52.2. The van der Waals surface area contributed by atoms with Crippen LogP contribution in [0.15, 0.2) is 201 Å². The molecule has 28 heteroatoms. The van der Waals surface area contributed by atoms with Gasteiger partial charge >= 0.3 is 11.9 Å². The van der Waals surface area contributed by atoms with E-state index in [0.717, 1.165) is 137 Å². The summed E-state index contributed by atoms with van der Waals surface area (Å²) in [6.45, 7) is 35.9. The quantitative estimate of drug-likeness (QED) is 0.0359. The van der Waals surface area contributed by atoms with Crippen LogP contribution in [-0.4, -0.2) is 181 Å². The molecule has 3 amide bonds. The van der Waals surface area contributed by atoms with E-state index in [0.29, 0.717) is 148 Å². The summed E-state index contributed by atoms with van der Waals surface area (Å²) in [5, 5.41) is 2.35. The number of amides is 3. The molecule has 14 aromatic rings. The molecule has 4 aromatic carbocycles. The summed E-state index contributed by atoms with van der Waals surface area (Å²) in [4.78, 5) is 184. The molecule has 2 fully saturated rings. The van der Waals surface area contributed by atoms with Crippen LogP contribution < -0.4 is 27.1 Å². The van der Waals surface area contributed by atoms with Gasteiger partial charge in [0.25, 0.3) is 17.7 Å². The number of piperazine rings is 1. The molecule has 0 atom stereocenters. The lowest BCUT2D eigenvalue weighted by molar-refractivity contribution is -0.121. The van der Waals surface area contributed by atoms with E-state index in [-0.39, 0.29) is 99.8 Å². The number of benzene rings is 4. The number of likely N-dealkylation sites (tertiary alicyclic amines) is 1. The maximum absolute atomic E-state index is 13.4. The fourth-order valence-electron chi connectivity index (χ4n) is 20.9. The van der Waals surface area contributed by atoms with Gasteiger partial charge in [-0.2, -0.15) is 0 Å². The minimum Gasteiger partial charge on any atom is -0.462 e. The second-order valence-corrected chi connectivity index (χ2v) is 39.6. The van der Waals surface area contributed by atoms with Gasteiger partial charge in [0.2, 0.25) is 27.1 Å². The number of carbonyl (C=O) groups is 7. The van der Waals surface area contributed by atoms with E-state index in [2.05, 4.69) is 105 Å². The van der Waals surface area contributed by atoms with Gasteiger partial charge in [0.15, 0.2) is 5.78 Å². The van der Waals surface area contributed by atoms with E-state index in [1.54, 1.807) is 75.9 Å². The molecule has 0 saturated carbocycles. The lowest BCUT2D eigenvalue weighted by atomic mass is 9.96. The van der Waals surface area contributed by atoms with Gasteiger partial charge in [-0.15, -0.1) is 0 Å². The average molecular weight is 1990 g/mol. The fraction of sp³-hybridized carbons (Fsp3) is 0.403. The summed E-state index contributed by atoms with van der Waals surface area (Å²) < 4.78 is 19.3. The van der Waals surface area contributed by atoms with Crippen LogP contribution in [-0.2, 0) is 118 Å². The molecule has 10 aromatic heterocycles. The topological polar surface area (TPSA) is 325 Å². The van der Waals surface area contributed by atoms with Crippen molar-refractivity contribution in [3.63, 3.8) is 0 Å². The van der Waals surface area contributed by atoms with Gasteiger partial charge in [0.05, 0.1) is 46.5 Å². The predicted molar refractivity (Wildman–Crippen MR) is 576 cm³/mol. The SMILES string of the molecule is CCN(CC)C(=O)c1cn(CC)c2ncc(CC3Cc4ccccc4C3)cc2c1=O.CCOC(=O)c1cn(CC)c2ncc(CC(=O)C(C)C)cc2c1=O.CCOC(=O)c1cn(CC)c2ncc(CC(=O)c3cc(C)c(C)c(C)c3)cc2c1=O.CCn1cc(C(=O)N2CCCCC2)c(=O)c2cc(CC3Cc4ccccc4C3)ncc21.CCn1cc(C(=O)N2CCN(C)CC2)c(=O)c2cc(CC3Cc4ccccc4C3)cnc21. The Hall–Kier alpha value is -14.7. The van der Waals surface area contributed by atoms with Gasteiger partial charge in [-0.05, 0) is 300 Å². The first kappa shape index (κ1) is 107. The molecule has 0 radical (unpaired) electrons. The number of Topliss-reactive ketones (excluding diaryl/α,β-unsaturated/α-hetero) is 2. The molecule has 28 nitrogen and oxygen atoms in total. The normalized spacial score (nSPS) is 14.0. The Balaban J connectivity index is 0.000000138. The Labute approximate surface area is 857 Å². The van der Waals surface area contributed by atoms with Gasteiger partial charge in [0, 0.05) is 176 Å². The lowest BCUT2D eigenvalue weighted by Gasteiger charge is -2.32. The van der Waals surface area contributed by atoms with Crippen LogP contribution in [0.2, 0.25) is 0 Å². The summed E-state index contributed by atoms with van der Waals surface area (Å²) in [5.41, 5.74) is 19.3. The van der Waals surface area contributed by atoms with Crippen LogP contribution in [0.4, 0.5) is 0 Å². The molecule has 0 bridgehead atoms. The average Bonchev–Trinajstić information content (AvgIpc) is 1.40. The van der Waals surface area contributed by atoms with E-state index in [1.807, 2.05) is 151 Å². The summed E-state index contributed by atoms with van der Waals surface area (Å²) in [5.74, 6) is -0.284. The number of likely N-dealkylation sites (N-methyl/N-ethyl adjacent to an activating group) is 1. The summed E-state index contributed by atoms with van der Waals surface area (Å²) in [6.07, 6.45) is 29.4. The number of nitrogens with zero attached hydrogens (tertiary/aromatic N) is 14. The maximum atomic E-state index is 13.4. The molecule has 766 valence electrons. The van der Waals surface area contributed by atoms with Crippen molar-refractivity contribution < 1.29 is 43.0 Å². The molecule has 12 heterocycles. The summed E-state index contributed by atoms with van der Waals surface area (Å²) in [6, 6.07) is 38.8. The highest BCUT2D eigenvalue weighted by molar-refractivity contribution is 6.01. The van der Waals surface area contributed by atoms with Gasteiger partial charge in [-0.1, -0.05) is 86.6 Å². The molecular formula is C119H136N14O14. The zero-order valence-electron chi connectivity index (χ0n) is 87.5. The van der Waals surface area contributed by atoms with E-state index >= 15 is 0 Å². The van der Waals surface area contributed by atoms with Gasteiger partial charge in [-0.25, -0.2) is 29.5 Å². The van der Waals surface area contributed by atoms with Crippen LogP contribution in [0.5, 0.6) is 0 Å². The lowest BCUT2D eigenvalue weighted by Crippen LogP contribution is -2.48. The van der Waals surface area contributed by atoms with Crippen molar-refractivity contribution in [2.75, 3.05) is 72.6 Å². The largest absolute Gasteiger partial charge is 0.462 e. The highest BCUT2D eigenvalue weighted by atomic mass is 16.5. The van der Waals surface area contributed by atoms with Gasteiger partial charge in [-0.3, -0.25) is 52.9 Å². The van der Waals surface area contributed by atoms with Crippen LogP contribution in [0.1, 0.15) is 236 Å². The van der Waals surface area contributed by atoms with Crippen LogP contribution in [0.25, 0.3) is 55.0 Å². The second kappa shape index (κ2) is 48.1. The van der Waals surface area contributed by atoms with Crippen LogP contribution in [0.3, 0.4) is 0 Å². The molecule has 3 aliphatic carbocycles. The maximum Gasteiger partial charge on any atom is 0.343 e. The van der Waals surface area contributed by atoms with E-state index in [1.165, 1.54) is 51.3 Å². The third-order valence-electron chi connectivity index (χ3n) is 29.4. The van der Waals surface area contributed by atoms with Crippen molar-refractivity contribution in [1.82, 2.24) is 67.4 Å². The Morgan fingerprint density at radius 1 is 0.381 bits per heavy atom. The van der Waals surface area contributed by atoms with Crippen molar-refractivity contribution >= 4 is 96.3 Å².